The molecule has 1 aromatic heterocycles. The Hall–Kier alpha value is -1.24. The number of hydrogen-bond donors (Lipinski definition) is 3. The van der Waals surface area contributed by atoms with Crippen LogP contribution in [0.15, 0.2) is 6.33 Å². The number of aliphatic hydroxyl groups excluding tert-OH is 1. The Labute approximate surface area is 126 Å². The molecule has 6 nitrogen and oxygen atoms in total. The van der Waals surface area contributed by atoms with Crippen molar-refractivity contribution in [3.8, 4) is 0 Å². The number of fused-ring (bicyclic) bond motifs is 1. The van der Waals surface area contributed by atoms with Crippen molar-refractivity contribution < 1.29 is 5.11 Å². The highest BCUT2D eigenvalue weighted by molar-refractivity contribution is 5.46. The molecule has 0 bridgehead atoms. The van der Waals surface area contributed by atoms with Crippen LogP contribution in [0.25, 0.3) is 0 Å². The number of nitrogens with one attached hydrogen (secondary N) is 2. The van der Waals surface area contributed by atoms with Gasteiger partial charge in [0.1, 0.15) is 12.1 Å². The Bertz CT molecular complexity index is 461. The molecule has 1 fully saturated rings. The van der Waals surface area contributed by atoms with Crippen molar-refractivity contribution in [3.63, 3.8) is 0 Å². The fourth-order valence-corrected chi connectivity index (χ4v) is 3.17. The number of nitrogens with zero attached hydrogens (tertiary/aromatic N) is 3. The van der Waals surface area contributed by atoms with Gasteiger partial charge in [-0.15, -0.1) is 0 Å². The molecule has 0 saturated carbocycles. The van der Waals surface area contributed by atoms with Crippen LogP contribution in [-0.4, -0.2) is 65.3 Å². The van der Waals surface area contributed by atoms with Gasteiger partial charge in [-0.3, -0.25) is 0 Å². The maximum atomic E-state index is 10.2. The molecule has 116 valence electrons. The largest absolute Gasteiger partial charge is 0.390 e. The van der Waals surface area contributed by atoms with Crippen LogP contribution in [-0.2, 0) is 12.8 Å². The minimum Gasteiger partial charge on any atom is -0.390 e. The standard InChI is InChI=1S/C15H25N5O/c21-12(10-20-7-1-2-8-20)9-17-15-13-3-5-16-6-4-14(13)18-11-19-15/h11-12,16,21H,1-10H2,(H,17,18,19)/t12-/m0/s1. The first-order valence-corrected chi connectivity index (χ1v) is 8.00. The molecule has 0 radical (unpaired) electrons. The first kappa shape index (κ1) is 14.7. The lowest BCUT2D eigenvalue weighted by atomic mass is 10.1. The van der Waals surface area contributed by atoms with Crippen molar-refractivity contribution in [1.29, 1.82) is 0 Å². The summed E-state index contributed by atoms with van der Waals surface area (Å²) in [4.78, 5) is 11.1. The van der Waals surface area contributed by atoms with Gasteiger partial charge in [0.2, 0.25) is 0 Å². The normalized spacial score (nSPS) is 20.8. The SMILES string of the molecule is O[C@@H](CNc1ncnc2c1CCNCC2)CN1CCCC1. The highest BCUT2D eigenvalue weighted by atomic mass is 16.3. The molecule has 0 spiro atoms. The zero-order chi connectivity index (χ0) is 14.5. The molecule has 3 rings (SSSR count). The maximum absolute atomic E-state index is 10.2. The van der Waals surface area contributed by atoms with Crippen molar-refractivity contribution in [3.05, 3.63) is 17.6 Å². The third-order valence-electron chi connectivity index (χ3n) is 4.30. The Balaban J connectivity index is 1.57. The summed E-state index contributed by atoms with van der Waals surface area (Å²) in [6, 6.07) is 0. The summed E-state index contributed by atoms with van der Waals surface area (Å²) in [5.41, 5.74) is 2.34. The topological polar surface area (TPSA) is 73.3 Å². The van der Waals surface area contributed by atoms with Gasteiger partial charge in [0.25, 0.3) is 0 Å². The minimum atomic E-state index is -0.349. The second-order valence-corrected chi connectivity index (χ2v) is 5.94. The van der Waals surface area contributed by atoms with Gasteiger partial charge in [0.05, 0.1) is 11.8 Å². The van der Waals surface area contributed by atoms with E-state index in [0.717, 1.165) is 57.1 Å². The molecule has 0 amide bonds. The van der Waals surface area contributed by atoms with Gasteiger partial charge in [-0.2, -0.15) is 0 Å². The van der Waals surface area contributed by atoms with Crippen LogP contribution < -0.4 is 10.6 Å². The van der Waals surface area contributed by atoms with E-state index in [1.807, 2.05) is 0 Å². The summed E-state index contributed by atoms with van der Waals surface area (Å²) in [6.07, 6.45) is 5.68. The Morgan fingerprint density at radius 3 is 2.90 bits per heavy atom. The van der Waals surface area contributed by atoms with Crippen molar-refractivity contribution in [2.24, 2.45) is 0 Å². The van der Waals surface area contributed by atoms with E-state index in [1.165, 1.54) is 18.4 Å². The molecule has 6 heteroatoms. The highest BCUT2D eigenvalue weighted by Crippen LogP contribution is 2.18. The average molecular weight is 291 g/mol. The Kier molecular flexibility index (Phi) is 5.00. The number of anilines is 1. The van der Waals surface area contributed by atoms with Gasteiger partial charge in [0, 0.05) is 31.6 Å². The second-order valence-electron chi connectivity index (χ2n) is 5.94. The van der Waals surface area contributed by atoms with E-state index in [2.05, 4.69) is 25.5 Å². The lowest BCUT2D eigenvalue weighted by molar-refractivity contribution is 0.135. The van der Waals surface area contributed by atoms with Gasteiger partial charge < -0.3 is 20.6 Å². The molecule has 3 N–H and O–H groups in total. The van der Waals surface area contributed by atoms with Crippen molar-refractivity contribution in [2.75, 3.05) is 44.6 Å². The number of likely N-dealkylation sites (tertiary alicyclic amines) is 1. The van der Waals surface area contributed by atoms with E-state index < -0.39 is 0 Å². The van der Waals surface area contributed by atoms with E-state index in [4.69, 9.17) is 0 Å². The summed E-state index contributed by atoms with van der Waals surface area (Å²) in [5.74, 6) is 0.893. The molecule has 1 atom stereocenters. The fraction of sp³-hybridized carbons (Fsp3) is 0.733. The third-order valence-corrected chi connectivity index (χ3v) is 4.30. The molecule has 3 heterocycles. The van der Waals surface area contributed by atoms with Crippen molar-refractivity contribution >= 4 is 5.82 Å². The van der Waals surface area contributed by atoms with E-state index in [-0.39, 0.29) is 6.10 Å². The molecule has 1 saturated heterocycles. The predicted molar refractivity (Wildman–Crippen MR) is 82.5 cm³/mol. The Morgan fingerprint density at radius 1 is 1.24 bits per heavy atom. The van der Waals surface area contributed by atoms with Gasteiger partial charge in [-0.05, 0) is 38.9 Å². The third kappa shape index (κ3) is 3.90. The smallest absolute Gasteiger partial charge is 0.132 e. The zero-order valence-electron chi connectivity index (χ0n) is 12.5. The molecule has 0 aromatic carbocycles. The lowest BCUT2D eigenvalue weighted by Crippen LogP contribution is -2.34. The van der Waals surface area contributed by atoms with E-state index in [1.54, 1.807) is 6.33 Å². The van der Waals surface area contributed by atoms with Gasteiger partial charge in [0.15, 0.2) is 0 Å². The van der Waals surface area contributed by atoms with Crippen LogP contribution in [0.2, 0.25) is 0 Å². The first-order valence-electron chi connectivity index (χ1n) is 8.00. The van der Waals surface area contributed by atoms with Crippen molar-refractivity contribution in [2.45, 2.75) is 31.8 Å². The quantitative estimate of drug-likeness (QED) is 0.711. The van der Waals surface area contributed by atoms with E-state index in [0.29, 0.717) is 6.54 Å². The van der Waals surface area contributed by atoms with E-state index in [9.17, 15) is 5.11 Å². The monoisotopic (exact) mass is 291 g/mol. The van der Waals surface area contributed by atoms with Gasteiger partial charge in [-0.1, -0.05) is 0 Å². The molecular formula is C15H25N5O. The number of β-amino-alcohol motifs (C(OH)–C–C–N with tert-alkyl or cyclic N) is 1. The van der Waals surface area contributed by atoms with Gasteiger partial charge in [-0.25, -0.2) is 9.97 Å². The molecule has 21 heavy (non-hydrogen) atoms. The molecular weight excluding hydrogens is 266 g/mol. The van der Waals surface area contributed by atoms with Crippen LogP contribution in [0.1, 0.15) is 24.1 Å². The fourth-order valence-electron chi connectivity index (χ4n) is 3.17. The molecule has 2 aliphatic rings. The van der Waals surface area contributed by atoms with Gasteiger partial charge >= 0.3 is 0 Å². The minimum absolute atomic E-state index is 0.349. The summed E-state index contributed by atoms with van der Waals surface area (Å²) < 4.78 is 0. The van der Waals surface area contributed by atoms with Crippen molar-refractivity contribution in [1.82, 2.24) is 20.2 Å². The molecule has 1 aromatic rings. The van der Waals surface area contributed by atoms with E-state index >= 15 is 0 Å². The number of hydrogen-bond acceptors (Lipinski definition) is 6. The first-order chi connectivity index (χ1) is 10.3. The Morgan fingerprint density at radius 2 is 2.05 bits per heavy atom. The summed E-state index contributed by atoms with van der Waals surface area (Å²) in [5, 5.41) is 16.9. The summed E-state index contributed by atoms with van der Waals surface area (Å²) in [7, 11) is 0. The maximum Gasteiger partial charge on any atom is 0.132 e. The zero-order valence-corrected chi connectivity index (χ0v) is 12.5. The summed E-state index contributed by atoms with van der Waals surface area (Å²) in [6.45, 7) is 5.47. The predicted octanol–water partition coefficient (Wildman–Crippen LogP) is 0.0334. The van der Waals surface area contributed by atoms with Crippen LogP contribution in [0.3, 0.4) is 0 Å². The van der Waals surface area contributed by atoms with Crippen LogP contribution in [0, 0.1) is 0 Å². The van der Waals surface area contributed by atoms with Crippen LogP contribution >= 0.6 is 0 Å². The van der Waals surface area contributed by atoms with Crippen LogP contribution in [0.5, 0.6) is 0 Å². The van der Waals surface area contributed by atoms with Crippen LogP contribution in [0.4, 0.5) is 5.82 Å². The second kappa shape index (κ2) is 7.15. The molecule has 0 unspecified atom stereocenters. The lowest BCUT2D eigenvalue weighted by Gasteiger charge is -2.20. The number of rotatable bonds is 5. The molecule has 0 aliphatic carbocycles. The summed E-state index contributed by atoms with van der Waals surface area (Å²) >= 11 is 0. The average Bonchev–Trinajstić information content (AvgIpc) is 2.87. The number of aromatic nitrogens is 2. The highest BCUT2D eigenvalue weighted by Gasteiger charge is 2.17. The number of aliphatic hydroxyl groups is 1. The molecule has 2 aliphatic heterocycles.